The molecule has 0 bridgehead atoms. The molecule has 8 heteroatoms. The number of phosphoric acid groups is 1. The highest BCUT2D eigenvalue weighted by Gasteiger charge is 2.24. The van der Waals surface area contributed by atoms with Gasteiger partial charge in [-0.05, 0) is 44.9 Å². The summed E-state index contributed by atoms with van der Waals surface area (Å²) < 4.78 is 27.7. The van der Waals surface area contributed by atoms with E-state index in [1.807, 2.05) is 21.1 Å². The van der Waals surface area contributed by atoms with Gasteiger partial charge in [-0.25, -0.2) is 4.57 Å². The fourth-order valence-electron chi connectivity index (χ4n) is 4.07. The molecule has 7 nitrogen and oxygen atoms in total. The predicted molar refractivity (Wildman–Crippen MR) is 178 cm³/mol. The maximum absolute atomic E-state index is 11.8. The number of quaternary nitrogens is 1. The Hall–Kier alpha value is -1.05. The Kier molecular flexibility index (Phi) is 28.0. The summed E-state index contributed by atoms with van der Waals surface area (Å²) in [4.78, 5) is 9.68. The van der Waals surface area contributed by atoms with Gasteiger partial charge in [-0.2, -0.15) is 0 Å². The highest BCUT2D eigenvalue weighted by atomic mass is 31.2. The van der Waals surface area contributed by atoms with Gasteiger partial charge in [0.05, 0.1) is 34.4 Å². The first-order valence-electron chi connectivity index (χ1n) is 16.4. The number of likely N-dealkylation sites (N-methyl/N-ethyl adjacent to an activating group) is 1. The summed E-state index contributed by atoms with van der Waals surface area (Å²) in [5.41, 5.74) is 0. The normalized spacial score (nSPS) is 15.1. The van der Waals surface area contributed by atoms with Gasteiger partial charge in [0.25, 0.3) is 0 Å². The Morgan fingerprint density at radius 1 is 0.643 bits per heavy atom. The first-order chi connectivity index (χ1) is 20.2. The van der Waals surface area contributed by atoms with E-state index in [0.29, 0.717) is 17.6 Å². The highest BCUT2D eigenvalue weighted by molar-refractivity contribution is 7.47. The molecule has 0 fully saturated rings. The summed E-state index contributed by atoms with van der Waals surface area (Å²) in [6.07, 6.45) is 36.4. The fourth-order valence-corrected chi connectivity index (χ4v) is 4.82. The van der Waals surface area contributed by atoms with Crippen molar-refractivity contribution in [3.63, 3.8) is 0 Å². The third kappa shape index (κ3) is 33.5. The number of hydrogen-bond donors (Lipinski definition) is 2. The molecule has 0 amide bonds. The zero-order valence-electron chi connectivity index (χ0n) is 27.5. The number of rotatable bonds is 30. The topological polar surface area (TPSA) is 85.2 Å². The van der Waals surface area contributed by atoms with Gasteiger partial charge in [-0.3, -0.25) is 9.05 Å². The molecule has 0 radical (unpaired) electrons. The Balaban J connectivity index is 3.40. The van der Waals surface area contributed by atoms with Crippen LogP contribution >= 0.6 is 7.82 Å². The second kappa shape index (κ2) is 28.7. The van der Waals surface area contributed by atoms with Crippen molar-refractivity contribution in [1.29, 1.82) is 0 Å². The molecule has 0 aromatic heterocycles. The molecule has 42 heavy (non-hydrogen) atoms. The van der Waals surface area contributed by atoms with Crippen LogP contribution in [0.15, 0.2) is 48.6 Å². The van der Waals surface area contributed by atoms with E-state index in [1.165, 1.54) is 64.2 Å². The minimum atomic E-state index is -4.15. The van der Waals surface area contributed by atoms with Crippen molar-refractivity contribution in [3.05, 3.63) is 48.6 Å². The SMILES string of the molecule is CC/C=C\C/C=C\C/C=C\C/C=C\CCCCCCCCCCCCCOCC(O)COP(=O)(O)OCC[N+](C)(C)C. The molecule has 0 aliphatic carbocycles. The molecule has 2 N–H and O–H groups in total. The van der Waals surface area contributed by atoms with Crippen LogP contribution in [0.1, 0.15) is 110 Å². The van der Waals surface area contributed by atoms with E-state index in [4.69, 9.17) is 13.8 Å². The predicted octanol–water partition coefficient (Wildman–Crippen LogP) is 8.69. The van der Waals surface area contributed by atoms with Crippen molar-refractivity contribution in [2.24, 2.45) is 0 Å². The monoisotopic (exact) mass is 614 g/mol. The van der Waals surface area contributed by atoms with Gasteiger partial charge in [-0.15, -0.1) is 0 Å². The minimum Gasteiger partial charge on any atom is -0.388 e. The molecule has 0 spiro atoms. The van der Waals surface area contributed by atoms with Crippen LogP contribution < -0.4 is 0 Å². The lowest BCUT2D eigenvalue weighted by molar-refractivity contribution is -0.870. The van der Waals surface area contributed by atoms with Crippen LogP contribution in [0.3, 0.4) is 0 Å². The van der Waals surface area contributed by atoms with Crippen LogP contribution in [0.5, 0.6) is 0 Å². The van der Waals surface area contributed by atoms with Crippen LogP contribution in [0.25, 0.3) is 0 Å². The molecular weight excluding hydrogens is 549 g/mol. The van der Waals surface area contributed by atoms with Gasteiger partial charge < -0.3 is 19.2 Å². The number of ether oxygens (including phenoxy) is 1. The zero-order valence-corrected chi connectivity index (χ0v) is 28.4. The first kappa shape index (κ1) is 41.0. The van der Waals surface area contributed by atoms with Gasteiger partial charge in [-0.1, -0.05) is 113 Å². The number of aliphatic hydroxyl groups excluding tert-OH is 1. The van der Waals surface area contributed by atoms with E-state index >= 15 is 0 Å². The first-order valence-corrected chi connectivity index (χ1v) is 17.9. The Morgan fingerprint density at radius 2 is 1.12 bits per heavy atom. The summed E-state index contributed by atoms with van der Waals surface area (Å²) >= 11 is 0. The standard InChI is InChI=1S/C34H64NO6P/c1-5-6-7-8-9-10-11-12-13-14-15-16-17-18-19-20-21-22-23-24-25-26-27-28-30-39-32-34(36)33-41-42(37,38)40-31-29-35(2,3)4/h6-7,9-10,12-13,15-16,34,36H,5,8,11,14,17-33H2,1-4H3/p+1/b7-6-,10-9-,13-12-,16-15-. The van der Waals surface area contributed by atoms with Gasteiger partial charge in [0.15, 0.2) is 0 Å². The lowest BCUT2D eigenvalue weighted by Crippen LogP contribution is -2.37. The van der Waals surface area contributed by atoms with Gasteiger partial charge in [0.1, 0.15) is 19.3 Å². The second-order valence-corrected chi connectivity index (χ2v) is 13.5. The molecule has 246 valence electrons. The maximum Gasteiger partial charge on any atom is 0.472 e. The number of allylic oxidation sites excluding steroid dienone is 8. The summed E-state index contributed by atoms with van der Waals surface area (Å²) in [5.74, 6) is 0. The quantitative estimate of drug-likeness (QED) is 0.0364. The molecule has 0 aliphatic rings. The Bertz CT molecular complexity index is 760. The number of nitrogens with zero attached hydrogens (tertiary/aromatic N) is 1. The lowest BCUT2D eigenvalue weighted by Gasteiger charge is -2.24. The molecule has 0 rings (SSSR count). The van der Waals surface area contributed by atoms with Gasteiger partial charge in [0.2, 0.25) is 0 Å². The van der Waals surface area contributed by atoms with E-state index in [9.17, 15) is 14.6 Å². The Labute approximate surface area is 258 Å². The van der Waals surface area contributed by atoms with Crippen LogP contribution in [0.2, 0.25) is 0 Å². The van der Waals surface area contributed by atoms with Crippen LogP contribution in [0.4, 0.5) is 0 Å². The number of aliphatic hydroxyl groups is 1. The number of unbranched alkanes of at least 4 members (excludes halogenated alkanes) is 11. The van der Waals surface area contributed by atoms with Crippen molar-refractivity contribution in [3.8, 4) is 0 Å². The third-order valence-corrected chi connectivity index (χ3v) is 7.62. The smallest absolute Gasteiger partial charge is 0.388 e. The second-order valence-electron chi connectivity index (χ2n) is 12.0. The van der Waals surface area contributed by atoms with Gasteiger partial charge in [0, 0.05) is 6.61 Å². The van der Waals surface area contributed by atoms with Gasteiger partial charge >= 0.3 is 7.82 Å². The molecule has 2 atom stereocenters. The summed E-state index contributed by atoms with van der Waals surface area (Å²) in [7, 11) is 1.74. The molecule has 0 aliphatic heterocycles. The van der Waals surface area contributed by atoms with E-state index in [0.717, 1.165) is 38.5 Å². The number of hydrogen-bond acceptors (Lipinski definition) is 5. The highest BCUT2D eigenvalue weighted by Crippen LogP contribution is 2.43. The van der Waals surface area contributed by atoms with E-state index in [-0.39, 0.29) is 19.8 Å². The molecule has 0 saturated carbocycles. The molecule has 0 heterocycles. The van der Waals surface area contributed by atoms with E-state index in [1.54, 1.807) is 0 Å². The average Bonchev–Trinajstić information content (AvgIpc) is 2.93. The number of phosphoric ester groups is 1. The van der Waals surface area contributed by atoms with Crippen molar-refractivity contribution in [2.75, 3.05) is 54.1 Å². The lowest BCUT2D eigenvalue weighted by atomic mass is 10.1. The van der Waals surface area contributed by atoms with Crippen LogP contribution in [-0.4, -0.2) is 74.7 Å². The molecule has 0 aromatic rings. The zero-order chi connectivity index (χ0) is 31.2. The van der Waals surface area contributed by atoms with Crippen LogP contribution in [0, 0.1) is 0 Å². The van der Waals surface area contributed by atoms with Crippen LogP contribution in [-0.2, 0) is 18.3 Å². The maximum atomic E-state index is 11.8. The molecule has 0 aromatic carbocycles. The minimum absolute atomic E-state index is 0.0856. The molecule has 0 saturated heterocycles. The summed E-state index contributed by atoms with van der Waals surface area (Å²) in [5, 5.41) is 9.91. The fraction of sp³-hybridized carbons (Fsp3) is 0.765. The summed E-state index contributed by atoms with van der Waals surface area (Å²) in [6.45, 7) is 3.22. The van der Waals surface area contributed by atoms with Crippen molar-refractivity contribution >= 4 is 7.82 Å². The van der Waals surface area contributed by atoms with Crippen molar-refractivity contribution in [1.82, 2.24) is 0 Å². The van der Waals surface area contributed by atoms with E-state index in [2.05, 4.69) is 55.5 Å². The largest absolute Gasteiger partial charge is 0.472 e. The Morgan fingerprint density at radius 3 is 1.64 bits per heavy atom. The van der Waals surface area contributed by atoms with E-state index < -0.39 is 13.9 Å². The van der Waals surface area contributed by atoms with Crippen molar-refractivity contribution < 1.29 is 32.8 Å². The average molecular weight is 615 g/mol. The third-order valence-electron chi connectivity index (χ3n) is 6.64. The molecular formula is C34H65NO6P+. The van der Waals surface area contributed by atoms with Crippen molar-refractivity contribution in [2.45, 2.75) is 116 Å². The summed E-state index contributed by atoms with van der Waals surface area (Å²) in [6, 6.07) is 0. The molecule has 2 unspecified atom stereocenters.